The van der Waals surface area contributed by atoms with Crippen LogP contribution in [0.2, 0.25) is 0 Å². The van der Waals surface area contributed by atoms with Gasteiger partial charge in [-0.15, -0.1) is 0 Å². The Morgan fingerprint density at radius 2 is 1.76 bits per heavy atom. The van der Waals surface area contributed by atoms with E-state index in [0.29, 0.717) is 57.8 Å². The van der Waals surface area contributed by atoms with Crippen molar-refractivity contribution < 1.29 is 13.2 Å². The fourth-order valence-electron chi connectivity index (χ4n) is 5.24. The molecule has 0 amide bonds. The standard InChI is InChI=1S/C26H28N8O3S/c1-31-17-22(16-29-31)20-12-24(26-21(13-27)15-30-34(26)18-20)19-2-3-25(28-14-19)32-6-8-33(9-7-32)38(35,36)23-4-10-37-11-5-23/h2-3,12,14-18,23H,4-11H2,1H3. The van der Waals surface area contributed by atoms with Crippen molar-refractivity contribution in [2.45, 2.75) is 18.1 Å². The summed E-state index contributed by atoms with van der Waals surface area (Å²) in [4.78, 5) is 6.83. The van der Waals surface area contributed by atoms with Gasteiger partial charge in [-0.2, -0.15) is 19.8 Å². The third-order valence-corrected chi connectivity index (χ3v) is 9.74. The van der Waals surface area contributed by atoms with Crippen LogP contribution in [0.15, 0.2) is 49.2 Å². The number of nitrogens with zero attached hydrogens (tertiary/aromatic N) is 8. The number of rotatable bonds is 5. The highest BCUT2D eigenvalue weighted by Gasteiger charge is 2.35. The van der Waals surface area contributed by atoms with Gasteiger partial charge in [-0.05, 0) is 31.0 Å². The van der Waals surface area contributed by atoms with Gasteiger partial charge < -0.3 is 9.64 Å². The van der Waals surface area contributed by atoms with E-state index in [1.807, 2.05) is 37.6 Å². The number of aromatic nitrogens is 5. The lowest BCUT2D eigenvalue weighted by Crippen LogP contribution is -2.52. The number of nitriles is 1. The first kappa shape index (κ1) is 24.5. The summed E-state index contributed by atoms with van der Waals surface area (Å²) in [5.74, 6) is 0.797. The van der Waals surface area contributed by atoms with Crippen LogP contribution in [0, 0.1) is 11.3 Å². The number of aryl methyl sites for hydroxylation is 1. The summed E-state index contributed by atoms with van der Waals surface area (Å²) in [6.07, 6.45) is 10.1. The molecule has 38 heavy (non-hydrogen) atoms. The lowest BCUT2D eigenvalue weighted by Gasteiger charge is -2.37. The van der Waals surface area contributed by atoms with Crippen molar-refractivity contribution in [3.63, 3.8) is 0 Å². The van der Waals surface area contributed by atoms with Crippen LogP contribution in [0.4, 0.5) is 5.82 Å². The summed E-state index contributed by atoms with van der Waals surface area (Å²) in [5.41, 5.74) is 4.81. The third-order valence-electron chi connectivity index (χ3n) is 7.34. The normalized spacial score (nSPS) is 17.6. The quantitative estimate of drug-likeness (QED) is 0.384. The number of anilines is 1. The van der Waals surface area contributed by atoms with Crippen molar-refractivity contribution in [2.75, 3.05) is 44.3 Å². The average Bonchev–Trinajstić information content (AvgIpc) is 3.59. The Hall–Kier alpha value is -3.79. The zero-order valence-corrected chi connectivity index (χ0v) is 21.9. The second-order valence-corrected chi connectivity index (χ2v) is 11.9. The Morgan fingerprint density at radius 3 is 2.42 bits per heavy atom. The lowest BCUT2D eigenvalue weighted by molar-refractivity contribution is 0.0971. The smallest absolute Gasteiger partial charge is 0.217 e. The Balaban J connectivity index is 1.24. The van der Waals surface area contributed by atoms with Gasteiger partial charge in [0.2, 0.25) is 10.0 Å². The largest absolute Gasteiger partial charge is 0.381 e. The first-order chi connectivity index (χ1) is 18.4. The first-order valence-corrected chi connectivity index (χ1v) is 14.1. The van der Waals surface area contributed by atoms with E-state index in [0.717, 1.165) is 33.6 Å². The third kappa shape index (κ3) is 4.42. The molecular weight excluding hydrogens is 504 g/mol. The second kappa shape index (κ2) is 9.83. The summed E-state index contributed by atoms with van der Waals surface area (Å²) in [5, 5.41) is 18.0. The molecule has 6 rings (SSSR count). The van der Waals surface area contributed by atoms with E-state index in [4.69, 9.17) is 9.72 Å². The van der Waals surface area contributed by atoms with E-state index >= 15 is 0 Å². The number of pyridine rings is 2. The maximum absolute atomic E-state index is 13.1. The number of fused-ring (bicyclic) bond motifs is 1. The van der Waals surface area contributed by atoms with Crippen LogP contribution in [-0.4, -0.2) is 81.7 Å². The van der Waals surface area contributed by atoms with Crippen molar-refractivity contribution in [1.29, 1.82) is 5.26 Å². The summed E-state index contributed by atoms with van der Waals surface area (Å²) >= 11 is 0. The zero-order chi connectivity index (χ0) is 26.3. The minimum absolute atomic E-state index is 0.346. The molecule has 0 radical (unpaired) electrons. The van der Waals surface area contributed by atoms with Gasteiger partial charge in [0.05, 0.1) is 28.7 Å². The first-order valence-electron chi connectivity index (χ1n) is 12.6. The average molecular weight is 533 g/mol. The molecule has 2 aliphatic heterocycles. The molecule has 4 aromatic heterocycles. The molecule has 11 nitrogen and oxygen atoms in total. The van der Waals surface area contributed by atoms with Crippen molar-refractivity contribution in [2.24, 2.45) is 7.05 Å². The predicted molar refractivity (Wildman–Crippen MR) is 142 cm³/mol. The summed E-state index contributed by atoms with van der Waals surface area (Å²) < 4.78 is 36.5. The maximum Gasteiger partial charge on any atom is 0.217 e. The Bertz CT molecular complexity index is 1610. The molecule has 0 atom stereocenters. The van der Waals surface area contributed by atoms with Crippen LogP contribution in [0.25, 0.3) is 27.8 Å². The molecule has 0 saturated carbocycles. The van der Waals surface area contributed by atoms with Gasteiger partial charge in [-0.1, -0.05) is 0 Å². The zero-order valence-electron chi connectivity index (χ0n) is 21.1. The second-order valence-electron chi connectivity index (χ2n) is 9.66. The van der Waals surface area contributed by atoms with Crippen molar-refractivity contribution in [3.8, 4) is 28.3 Å². The van der Waals surface area contributed by atoms with E-state index in [1.54, 1.807) is 32.1 Å². The molecule has 12 heteroatoms. The Morgan fingerprint density at radius 1 is 0.974 bits per heavy atom. The molecule has 0 aromatic carbocycles. The van der Waals surface area contributed by atoms with E-state index < -0.39 is 10.0 Å². The minimum Gasteiger partial charge on any atom is -0.381 e. The molecule has 0 unspecified atom stereocenters. The summed E-state index contributed by atoms with van der Waals surface area (Å²) in [6, 6.07) is 8.21. The van der Waals surface area contributed by atoms with Gasteiger partial charge in [-0.3, -0.25) is 4.68 Å². The SMILES string of the molecule is Cn1cc(-c2cc(-c3ccc(N4CCN(S(=O)(=O)C5CCOCC5)CC4)nc3)c3c(C#N)cnn3c2)cn1. The maximum atomic E-state index is 13.1. The monoisotopic (exact) mass is 532 g/mol. The molecule has 2 saturated heterocycles. The molecule has 0 spiro atoms. The van der Waals surface area contributed by atoms with Crippen molar-refractivity contribution in [1.82, 2.24) is 28.7 Å². The highest BCUT2D eigenvalue weighted by molar-refractivity contribution is 7.89. The van der Waals surface area contributed by atoms with E-state index in [9.17, 15) is 13.7 Å². The van der Waals surface area contributed by atoms with Crippen LogP contribution < -0.4 is 4.90 Å². The topological polar surface area (TPSA) is 122 Å². The van der Waals surface area contributed by atoms with E-state index in [1.165, 1.54) is 0 Å². The lowest BCUT2D eigenvalue weighted by atomic mass is 10.0. The minimum atomic E-state index is -3.32. The number of hydrogen-bond acceptors (Lipinski definition) is 8. The van der Waals surface area contributed by atoms with E-state index in [2.05, 4.69) is 21.2 Å². The van der Waals surface area contributed by atoms with Gasteiger partial charge in [0.1, 0.15) is 11.9 Å². The summed E-state index contributed by atoms with van der Waals surface area (Å²) in [6.45, 7) is 3.06. The van der Waals surface area contributed by atoms with Gasteiger partial charge in [0.15, 0.2) is 0 Å². The highest BCUT2D eigenvalue weighted by Crippen LogP contribution is 2.32. The van der Waals surface area contributed by atoms with Crippen molar-refractivity contribution >= 4 is 21.4 Å². The molecule has 0 aliphatic carbocycles. The van der Waals surface area contributed by atoms with Crippen LogP contribution in [0.1, 0.15) is 18.4 Å². The number of piperazine rings is 1. The van der Waals surface area contributed by atoms with Gasteiger partial charge in [0.25, 0.3) is 0 Å². The fourth-order valence-corrected chi connectivity index (χ4v) is 7.12. The van der Waals surface area contributed by atoms with Gasteiger partial charge in [-0.25, -0.2) is 17.9 Å². The molecule has 0 bridgehead atoms. The van der Waals surface area contributed by atoms with Gasteiger partial charge in [0, 0.05) is 87.3 Å². The van der Waals surface area contributed by atoms with E-state index in [-0.39, 0.29) is 5.25 Å². The van der Waals surface area contributed by atoms with Crippen LogP contribution in [-0.2, 0) is 21.8 Å². The van der Waals surface area contributed by atoms with Gasteiger partial charge >= 0.3 is 0 Å². The Kier molecular flexibility index (Phi) is 6.35. The van der Waals surface area contributed by atoms with Crippen molar-refractivity contribution in [3.05, 3.63) is 54.7 Å². The van der Waals surface area contributed by atoms with Crippen LogP contribution in [0.5, 0.6) is 0 Å². The molecule has 4 aromatic rings. The number of sulfonamides is 1. The van der Waals surface area contributed by atoms with Crippen LogP contribution >= 0.6 is 0 Å². The Labute approximate surface area is 220 Å². The molecule has 0 N–H and O–H groups in total. The molecular formula is C26H28N8O3S. The highest BCUT2D eigenvalue weighted by atomic mass is 32.2. The molecule has 196 valence electrons. The molecule has 2 aliphatic rings. The summed E-state index contributed by atoms with van der Waals surface area (Å²) in [7, 11) is -1.45. The van der Waals surface area contributed by atoms with Crippen LogP contribution in [0.3, 0.4) is 0 Å². The fraction of sp³-hybridized carbons (Fsp3) is 0.385. The number of hydrogen-bond donors (Lipinski definition) is 0. The molecule has 2 fully saturated rings. The predicted octanol–water partition coefficient (Wildman–Crippen LogP) is 2.30. The number of ether oxygens (including phenoxy) is 1. The molecule has 6 heterocycles.